The van der Waals surface area contributed by atoms with Crippen molar-refractivity contribution in [3.8, 4) is 0 Å². The average molecular weight is 357 g/mol. The van der Waals surface area contributed by atoms with Crippen LogP contribution in [0.3, 0.4) is 0 Å². The fraction of sp³-hybridized carbons (Fsp3) is 0.250. The highest BCUT2D eigenvalue weighted by molar-refractivity contribution is 9.10. The third kappa shape index (κ3) is 3.40. The van der Waals surface area contributed by atoms with Gasteiger partial charge in [0.2, 0.25) is 0 Å². The van der Waals surface area contributed by atoms with Crippen LogP contribution in [0.5, 0.6) is 0 Å². The predicted molar refractivity (Wildman–Crippen MR) is 85.8 cm³/mol. The number of aryl methyl sites for hydroxylation is 1. The van der Waals surface area contributed by atoms with E-state index in [9.17, 15) is 4.39 Å². The van der Waals surface area contributed by atoms with Crippen molar-refractivity contribution in [2.75, 3.05) is 6.54 Å². The molecule has 1 unspecified atom stereocenters. The largest absolute Gasteiger partial charge is 0.307 e. The van der Waals surface area contributed by atoms with Crippen LogP contribution in [-0.4, -0.2) is 6.54 Å². The van der Waals surface area contributed by atoms with Crippen molar-refractivity contribution in [2.24, 2.45) is 0 Å². The highest BCUT2D eigenvalue weighted by atomic mass is 79.9. The average Bonchev–Trinajstić information content (AvgIpc) is 2.40. The van der Waals surface area contributed by atoms with E-state index >= 15 is 0 Å². The van der Waals surface area contributed by atoms with Gasteiger partial charge in [-0.05, 0) is 70.4 Å². The van der Waals surface area contributed by atoms with Crippen LogP contribution >= 0.6 is 27.5 Å². The van der Waals surface area contributed by atoms with Gasteiger partial charge in [-0.1, -0.05) is 30.7 Å². The Hall–Kier alpha value is -0.900. The molecule has 1 N–H and O–H groups in total. The first-order chi connectivity index (χ1) is 9.52. The van der Waals surface area contributed by atoms with Gasteiger partial charge in [0.1, 0.15) is 5.82 Å². The molecule has 2 rings (SSSR count). The molecular weight excluding hydrogens is 341 g/mol. The van der Waals surface area contributed by atoms with Gasteiger partial charge in [0.05, 0.1) is 11.1 Å². The van der Waals surface area contributed by atoms with Crippen molar-refractivity contribution in [2.45, 2.75) is 19.9 Å². The van der Waals surface area contributed by atoms with E-state index in [0.717, 1.165) is 27.7 Å². The van der Waals surface area contributed by atoms with Crippen LogP contribution < -0.4 is 5.32 Å². The standard InChI is InChI=1S/C16H16BrClFN/c1-3-20-16(11-4-7-15(18)14(17)9-11)13-6-5-12(19)8-10(13)2/h4-9,16,20H,3H2,1-2H3. The minimum atomic E-state index is -0.209. The molecular formula is C16H16BrClFN. The third-order valence-corrected chi connectivity index (χ3v) is 4.44. The van der Waals surface area contributed by atoms with Crippen molar-refractivity contribution >= 4 is 27.5 Å². The fourth-order valence-corrected chi connectivity index (χ4v) is 2.78. The first-order valence-corrected chi connectivity index (χ1v) is 7.64. The molecule has 106 valence electrons. The molecule has 2 aromatic carbocycles. The van der Waals surface area contributed by atoms with E-state index in [1.165, 1.54) is 6.07 Å². The molecule has 2 aromatic rings. The molecule has 0 amide bonds. The van der Waals surface area contributed by atoms with Gasteiger partial charge in [-0.25, -0.2) is 4.39 Å². The quantitative estimate of drug-likeness (QED) is 0.789. The summed E-state index contributed by atoms with van der Waals surface area (Å²) < 4.78 is 14.1. The topological polar surface area (TPSA) is 12.0 Å². The van der Waals surface area contributed by atoms with Crippen molar-refractivity contribution in [1.82, 2.24) is 5.32 Å². The molecule has 4 heteroatoms. The van der Waals surface area contributed by atoms with Crippen LogP contribution in [0.2, 0.25) is 5.02 Å². The molecule has 0 spiro atoms. The van der Waals surface area contributed by atoms with E-state index in [1.54, 1.807) is 6.07 Å². The molecule has 1 nitrogen and oxygen atoms in total. The monoisotopic (exact) mass is 355 g/mol. The second kappa shape index (κ2) is 6.70. The molecule has 0 aliphatic carbocycles. The summed E-state index contributed by atoms with van der Waals surface area (Å²) in [7, 11) is 0. The van der Waals surface area contributed by atoms with Crippen LogP contribution in [-0.2, 0) is 0 Å². The molecule has 0 aliphatic heterocycles. The van der Waals surface area contributed by atoms with E-state index in [4.69, 9.17) is 11.6 Å². The van der Waals surface area contributed by atoms with E-state index < -0.39 is 0 Å². The van der Waals surface area contributed by atoms with Crippen molar-refractivity contribution in [1.29, 1.82) is 0 Å². The normalized spacial score (nSPS) is 12.4. The number of hydrogen-bond donors (Lipinski definition) is 1. The molecule has 1 atom stereocenters. The van der Waals surface area contributed by atoms with Gasteiger partial charge in [-0.3, -0.25) is 0 Å². The molecule has 0 aromatic heterocycles. The summed E-state index contributed by atoms with van der Waals surface area (Å²) in [5, 5.41) is 4.12. The van der Waals surface area contributed by atoms with E-state index in [0.29, 0.717) is 5.02 Å². The Balaban J connectivity index is 2.47. The van der Waals surface area contributed by atoms with Crippen LogP contribution in [0.25, 0.3) is 0 Å². The molecule has 0 fully saturated rings. The van der Waals surface area contributed by atoms with E-state index in [2.05, 4.69) is 28.2 Å². The zero-order chi connectivity index (χ0) is 14.7. The predicted octanol–water partition coefficient (Wildman–Crippen LogP) is 5.25. The maximum absolute atomic E-state index is 13.3. The van der Waals surface area contributed by atoms with Crippen LogP contribution in [0.1, 0.15) is 29.7 Å². The molecule has 20 heavy (non-hydrogen) atoms. The minimum Gasteiger partial charge on any atom is -0.307 e. The molecule has 0 saturated carbocycles. The van der Waals surface area contributed by atoms with Gasteiger partial charge in [-0.15, -0.1) is 0 Å². The lowest BCUT2D eigenvalue weighted by atomic mass is 9.95. The maximum Gasteiger partial charge on any atom is 0.123 e. The second-order valence-corrected chi connectivity index (χ2v) is 5.93. The lowest BCUT2D eigenvalue weighted by Crippen LogP contribution is -2.22. The van der Waals surface area contributed by atoms with Gasteiger partial charge < -0.3 is 5.32 Å². The van der Waals surface area contributed by atoms with E-state index in [-0.39, 0.29) is 11.9 Å². The van der Waals surface area contributed by atoms with Crippen LogP contribution in [0.15, 0.2) is 40.9 Å². The summed E-state index contributed by atoms with van der Waals surface area (Å²) >= 11 is 9.49. The highest BCUT2D eigenvalue weighted by Crippen LogP contribution is 2.30. The summed E-state index contributed by atoms with van der Waals surface area (Å²) in [6.45, 7) is 4.80. The smallest absolute Gasteiger partial charge is 0.123 e. The Labute approximate surface area is 132 Å². The Bertz CT molecular complexity index is 615. The van der Waals surface area contributed by atoms with Crippen LogP contribution in [0, 0.1) is 12.7 Å². The fourth-order valence-electron chi connectivity index (χ4n) is 2.27. The molecule has 0 saturated heterocycles. The van der Waals surface area contributed by atoms with Crippen molar-refractivity contribution < 1.29 is 4.39 Å². The zero-order valence-corrected chi connectivity index (χ0v) is 13.7. The highest BCUT2D eigenvalue weighted by Gasteiger charge is 2.16. The second-order valence-electron chi connectivity index (χ2n) is 4.67. The van der Waals surface area contributed by atoms with Gasteiger partial charge in [0.25, 0.3) is 0 Å². The van der Waals surface area contributed by atoms with Crippen LogP contribution in [0.4, 0.5) is 4.39 Å². The minimum absolute atomic E-state index is 0.0224. The lowest BCUT2D eigenvalue weighted by molar-refractivity contribution is 0.610. The SMILES string of the molecule is CCNC(c1ccc(Cl)c(Br)c1)c1ccc(F)cc1C. The summed E-state index contributed by atoms with van der Waals surface area (Å²) in [4.78, 5) is 0. The maximum atomic E-state index is 13.3. The first kappa shape index (κ1) is 15.5. The Morgan fingerprint density at radius 3 is 2.60 bits per heavy atom. The van der Waals surface area contributed by atoms with Gasteiger partial charge in [0, 0.05) is 4.47 Å². The Morgan fingerprint density at radius 2 is 2.00 bits per heavy atom. The Morgan fingerprint density at radius 1 is 1.25 bits per heavy atom. The molecule has 0 heterocycles. The number of hydrogen-bond acceptors (Lipinski definition) is 1. The van der Waals surface area contributed by atoms with Gasteiger partial charge >= 0.3 is 0 Å². The summed E-state index contributed by atoms with van der Waals surface area (Å²) in [6, 6.07) is 10.8. The van der Waals surface area contributed by atoms with Gasteiger partial charge in [0.15, 0.2) is 0 Å². The molecule has 0 radical (unpaired) electrons. The number of benzene rings is 2. The third-order valence-electron chi connectivity index (χ3n) is 3.23. The lowest BCUT2D eigenvalue weighted by Gasteiger charge is -2.21. The number of rotatable bonds is 4. The molecule has 0 bridgehead atoms. The van der Waals surface area contributed by atoms with E-state index in [1.807, 2.05) is 31.2 Å². The first-order valence-electron chi connectivity index (χ1n) is 6.47. The van der Waals surface area contributed by atoms with Crippen molar-refractivity contribution in [3.05, 3.63) is 68.4 Å². The van der Waals surface area contributed by atoms with Gasteiger partial charge in [-0.2, -0.15) is 0 Å². The zero-order valence-electron chi connectivity index (χ0n) is 11.4. The molecule has 0 aliphatic rings. The summed E-state index contributed by atoms with van der Waals surface area (Å²) in [5.41, 5.74) is 3.10. The van der Waals surface area contributed by atoms with Crippen molar-refractivity contribution in [3.63, 3.8) is 0 Å². The summed E-state index contributed by atoms with van der Waals surface area (Å²) in [6.07, 6.45) is 0. The Kier molecular flexibility index (Phi) is 5.19. The summed E-state index contributed by atoms with van der Waals surface area (Å²) in [5.74, 6) is -0.209. The number of nitrogens with one attached hydrogen (secondary N) is 1. The number of halogens is 3.